The van der Waals surface area contributed by atoms with Crippen LogP contribution in [0.2, 0.25) is 0 Å². The van der Waals surface area contributed by atoms with Crippen molar-refractivity contribution in [2.24, 2.45) is 0 Å². The normalized spacial score (nSPS) is 16.3. The smallest absolute Gasteiger partial charge is 0.227 e. The number of rotatable bonds is 3. The lowest BCUT2D eigenvalue weighted by Gasteiger charge is -2.28. The van der Waals surface area contributed by atoms with Gasteiger partial charge in [-0.25, -0.2) is 9.97 Å². The van der Waals surface area contributed by atoms with E-state index in [1.807, 2.05) is 18.3 Å². The van der Waals surface area contributed by atoms with Crippen LogP contribution in [0, 0.1) is 6.92 Å². The van der Waals surface area contributed by atoms with Gasteiger partial charge in [0.2, 0.25) is 5.95 Å². The standard InChI is InChI=1S/C23H25N5/c1-17-8-7-9-18(16-17)21-19-11-15-28(20-10-3-4-12-24-20)22(19)26-23(25-21)27-13-5-2-6-14-27/h3-4,7-10,12,16H,2,5-6,11,13-15H2,1H3. The number of pyridine rings is 1. The zero-order valence-electron chi connectivity index (χ0n) is 16.3. The Bertz CT molecular complexity index is 980. The summed E-state index contributed by atoms with van der Waals surface area (Å²) in [5.41, 5.74) is 4.74. The van der Waals surface area contributed by atoms with Crippen LogP contribution < -0.4 is 9.80 Å². The Balaban J connectivity index is 1.66. The van der Waals surface area contributed by atoms with Crippen LogP contribution in [-0.2, 0) is 6.42 Å². The number of hydrogen-bond acceptors (Lipinski definition) is 5. The molecule has 5 nitrogen and oxygen atoms in total. The van der Waals surface area contributed by atoms with Gasteiger partial charge in [0, 0.05) is 37.0 Å². The highest BCUT2D eigenvalue weighted by Gasteiger charge is 2.29. The van der Waals surface area contributed by atoms with Crippen molar-refractivity contribution < 1.29 is 0 Å². The van der Waals surface area contributed by atoms with Crippen LogP contribution in [0.1, 0.15) is 30.4 Å². The van der Waals surface area contributed by atoms with Crippen LogP contribution in [-0.4, -0.2) is 34.6 Å². The minimum absolute atomic E-state index is 0.859. The summed E-state index contributed by atoms with van der Waals surface area (Å²) in [6.07, 6.45) is 6.51. The third-order valence-corrected chi connectivity index (χ3v) is 5.67. The molecule has 0 atom stereocenters. The lowest BCUT2D eigenvalue weighted by Crippen LogP contribution is -2.31. The first-order valence-corrected chi connectivity index (χ1v) is 10.2. The first-order valence-electron chi connectivity index (χ1n) is 10.2. The second kappa shape index (κ2) is 7.23. The summed E-state index contributed by atoms with van der Waals surface area (Å²) >= 11 is 0. The van der Waals surface area contributed by atoms with E-state index in [2.05, 4.69) is 52.0 Å². The summed E-state index contributed by atoms with van der Waals surface area (Å²) in [5.74, 6) is 2.84. The summed E-state index contributed by atoms with van der Waals surface area (Å²) in [5, 5.41) is 0. The molecular formula is C23H25N5. The van der Waals surface area contributed by atoms with E-state index in [1.54, 1.807) is 0 Å². The van der Waals surface area contributed by atoms with Gasteiger partial charge < -0.3 is 9.80 Å². The van der Waals surface area contributed by atoms with Crippen molar-refractivity contribution in [3.63, 3.8) is 0 Å². The lowest BCUT2D eigenvalue weighted by molar-refractivity contribution is 0.568. The minimum atomic E-state index is 0.859. The Labute approximate surface area is 166 Å². The average Bonchev–Trinajstić information content (AvgIpc) is 3.18. The van der Waals surface area contributed by atoms with E-state index in [4.69, 9.17) is 9.97 Å². The van der Waals surface area contributed by atoms with Crippen molar-refractivity contribution in [2.45, 2.75) is 32.6 Å². The van der Waals surface area contributed by atoms with Crippen LogP contribution in [0.25, 0.3) is 11.3 Å². The minimum Gasteiger partial charge on any atom is -0.341 e. The van der Waals surface area contributed by atoms with E-state index >= 15 is 0 Å². The van der Waals surface area contributed by atoms with E-state index in [0.29, 0.717) is 0 Å². The van der Waals surface area contributed by atoms with Gasteiger partial charge in [-0.05, 0) is 50.8 Å². The van der Waals surface area contributed by atoms with Crippen molar-refractivity contribution in [1.29, 1.82) is 0 Å². The van der Waals surface area contributed by atoms with Crippen LogP contribution >= 0.6 is 0 Å². The highest BCUT2D eigenvalue weighted by Crippen LogP contribution is 2.38. The van der Waals surface area contributed by atoms with Gasteiger partial charge in [-0.3, -0.25) is 0 Å². The zero-order chi connectivity index (χ0) is 18.9. The Morgan fingerprint density at radius 2 is 1.79 bits per heavy atom. The van der Waals surface area contributed by atoms with E-state index < -0.39 is 0 Å². The summed E-state index contributed by atoms with van der Waals surface area (Å²) in [4.78, 5) is 19.3. The largest absolute Gasteiger partial charge is 0.341 e. The summed E-state index contributed by atoms with van der Waals surface area (Å²) < 4.78 is 0. The monoisotopic (exact) mass is 371 g/mol. The second-order valence-corrected chi connectivity index (χ2v) is 7.68. The van der Waals surface area contributed by atoms with Crippen molar-refractivity contribution >= 4 is 17.6 Å². The molecule has 2 aromatic heterocycles. The van der Waals surface area contributed by atoms with Crippen molar-refractivity contribution in [3.8, 4) is 11.3 Å². The number of piperidine rings is 1. The van der Waals surface area contributed by atoms with Crippen LogP contribution in [0.15, 0.2) is 48.7 Å². The number of hydrogen-bond donors (Lipinski definition) is 0. The summed E-state index contributed by atoms with van der Waals surface area (Å²) in [7, 11) is 0. The second-order valence-electron chi connectivity index (χ2n) is 7.68. The van der Waals surface area contributed by atoms with Gasteiger partial charge in [0.15, 0.2) is 0 Å². The topological polar surface area (TPSA) is 45.2 Å². The number of aryl methyl sites for hydroxylation is 1. The molecule has 142 valence electrons. The van der Waals surface area contributed by atoms with Gasteiger partial charge in [0.05, 0.1) is 5.69 Å². The number of anilines is 3. The fraction of sp³-hybridized carbons (Fsp3) is 0.348. The molecule has 0 amide bonds. The Morgan fingerprint density at radius 1 is 0.893 bits per heavy atom. The van der Waals surface area contributed by atoms with Crippen molar-refractivity contribution in [3.05, 3.63) is 59.8 Å². The van der Waals surface area contributed by atoms with Crippen LogP contribution in [0.4, 0.5) is 17.6 Å². The summed E-state index contributed by atoms with van der Waals surface area (Å²) in [6, 6.07) is 14.7. The molecule has 0 aliphatic carbocycles. The molecule has 0 unspecified atom stereocenters. The molecule has 0 saturated carbocycles. The molecule has 2 aliphatic heterocycles. The van der Waals surface area contributed by atoms with Crippen molar-refractivity contribution in [2.75, 3.05) is 29.4 Å². The quantitative estimate of drug-likeness (QED) is 0.677. The predicted octanol–water partition coefficient (Wildman–Crippen LogP) is 4.53. The molecule has 3 aromatic rings. The maximum Gasteiger partial charge on any atom is 0.227 e. The molecule has 1 fully saturated rings. The van der Waals surface area contributed by atoms with E-state index in [1.165, 1.54) is 36.0 Å². The molecular weight excluding hydrogens is 346 g/mol. The molecule has 28 heavy (non-hydrogen) atoms. The first-order chi connectivity index (χ1) is 13.8. The van der Waals surface area contributed by atoms with Gasteiger partial charge in [-0.1, -0.05) is 29.8 Å². The summed E-state index contributed by atoms with van der Waals surface area (Å²) in [6.45, 7) is 5.10. The Morgan fingerprint density at radius 3 is 2.57 bits per heavy atom. The van der Waals surface area contributed by atoms with Gasteiger partial charge in [-0.2, -0.15) is 4.98 Å². The molecule has 1 saturated heterocycles. The molecule has 5 heteroatoms. The molecule has 2 aliphatic rings. The highest BCUT2D eigenvalue weighted by molar-refractivity contribution is 5.76. The Hall–Kier alpha value is -2.95. The zero-order valence-corrected chi connectivity index (χ0v) is 16.3. The van der Waals surface area contributed by atoms with Gasteiger partial charge in [0.25, 0.3) is 0 Å². The molecule has 0 spiro atoms. The SMILES string of the molecule is Cc1cccc(-c2nc(N3CCCCC3)nc3c2CCN3c2ccccn2)c1. The highest BCUT2D eigenvalue weighted by atomic mass is 15.3. The molecule has 4 heterocycles. The molecule has 1 aromatic carbocycles. The third kappa shape index (κ3) is 3.11. The molecule has 0 bridgehead atoms. The van der Waals surface area contributed by atoms with E-state index in [9.17, 15) is 0 Å². The lowest BCUT2D eigenvalue weighted by atomic mass is 10.0. The van der Waals surface area contributed by atoms with E-state index in [-0.39, 0.29) is 0 Å². The van der Waals surface area contributed by atoms with Gasteiger partial charge in [-0.15, -0.1) is 0 Å². The molecule has 0 N–H and O–H groups in total. The van der Waals surface area contributed by atoms with Crippen molar-refractivity contribution in [1.82, 2.24) is 15.0 Å². The number of nitrogens with zero attached hydrogens (tertiary/aromatic N) is 5. The van der Waals surface area contributed by atoms with Crippen LogP contribution in [0.5, 0.6) is 0 Å². The fourth-order valence-corrected chi connectivity index (χ4v) is 4.25. The first kappa shape index (κ1) is 17.2. The maximum absolute atomic E-state index is 5.08. The van der Waals surface area contributed by atoms with E-state index in [0.717, 1.165) is 49.3 Å². The fourth-order valence-electron chi connectivity index (χ4n) is 4.25. The van der Waals surface area contributed by atoms with Gasteiger partial charge >= 0.3 is 0 Å². The number of fused-ring (bicyclic) bond motifs is 1. The molecule has 0 radical (unpaired) electrons. The van der Waals surface area contributed by atoms with Gasteiger partial charge in [0.1, 0.15) is 11.6 Å². The predicted molar refractivity (Wildman–Crippen MR) is 113 cm³/mol. The average molecular weight is 371 g/mol. The van der Waals surface area contributed by atoms with Crippen LogP contribution in [0.3, 0.4) is 0 Å². The maximum atomic E-state index is 5.08. The number of aromatic nitrogens is 3. The third-order valence-electron chi connectivity index (χ3n) is 5.67. The number of benzene rings is 1. The Kier molecular flexibility index (Phi) is 4.43. The molecule has 5 rings (SSSR count).